The molecule has 0 saturated heterocycles. The summed E-state index contributed by atoms with van der Waals surface area (Å²) in [6.07, 6.45) is 0. The second-order valence-corrected chi connectivity index (χ2v) is 7.48. The van der Waals surface area contributed by atoms with Crippen LogP contribution in [0.25, 0.3) is 0 Å². The molecule has 0 fully saturated rings. The minimum Gasteiger partial charge on any atom is -0.494 e. The highest BCUT2D eigenvalue weighted by Crippen LogP contribution is 2.41. The number of nitro benzene ring substituents is 1. The Morgan fingerprint density at radius 3 is 1.73 bits per heavy atom. The molecular formula is C25H26N6O6. The van der Waals surface area contributed by atoms with Crippen LogP contribution in [-0.4, -0.2) is 45.3 Å². The van der Waals surface area contributed by atoms with Crippen LogP contribution in [0.1, 0.15) is 6.92 Å². The second-order valence-electron chi connectivity index (χ2n) is 7.48. The molecule has 0 amide bonds. The van der Waals surface area contributed by atoms with Crippen LogP contribution in [0.3, 0.4) is 0 Å². The van der Waals surface area contributed by atoms with E-state index in [4.69, 9.17) is 14.2 Å². The number of hydrogen-bond donors (Lipinski definition) is 0. The van der Waals surface area contributed by atoms with E-state index in [9.17, 15) is 14.9 Å². The number of anilines is 1. The summed E-state index contributed by atoms with van der Waals surface area (Å²) in [5.41, 5.74) is 2.65. The van der Waals surface area contributed by atoms with Crippen LogP contribution in [0.4, 0.5) is 34.1 Å². The normalized spacial score (nSPS) is 11.0. The molecule has 0 aliphatic carbocycles. The van der Waals surface area contributed by atoms with E-state index < -0.39 is 4.92 Å². The summed E-state index contributed by atoms with van der Waals surface area (Å²) in [6, 6.07) is 16.2. The van der Waals surface area contributed by atoms with Gasteiger partial charge in [0.25, 0.3) is 5.69 Å². The lowest BCUT2D eigenvalue weighted by molar-refractivity contribution is -0.384. The first kappa shape index (κ1) is 26.7. The number of methoxy groups -OCH3 is 3. The molecule has 12 heteroatoms. The van der Waals surface area contributed by atoms with Crippen LogP contribution in [0.15, 0.2) is 81.1 Å². The molecular weight excluding hydrogens is 480 g/mol. The van der Waals surface area contributed by atoms with Gasteiger partial charge >= 0.3 is 5.97 Å². The maximum absolute atomic E-state index is 11.6. The summed E-state index contributed by atoms with van der Waals surface area (Å²) in [5, 5.41) is 27.7. The van der Waals surface area contributed by atoms with Gasteiger partial charge in [0.1, 0.15) is 29.4 Å². The molecule has 0 bridgehead atoms. The zero-order valence-corrected chi connectivity index (χ0v) is 20.8. The van der Waals surface area contributed by atoms with Gasteiger partial charge in [-0.05, 0) is 43.3 Å². The molecule has 0 heterocycles. The average molecular weight is 507 g/mol. The third-order valence-electron chi connectivity index (χ3n) is 5.23. The molecule has 0 aliphatic heterocycles. The van der Waals surface area contributed by atoms with E-state index in [0.29, 0.717) is 40.8 Å². The number of esters is 1. The van der Waals surface area contributed by atoms with Crippen LogP contribution < -0.4 is 14.4 Å². The van der Waals surface area contributed by atoms with Gasteiger partial charge in [0.2, 0.25) is 0 Å². The Morgan fingerprint density at radius 1 is 0.838 bits per heavy atom. The largest absolute Gasteiger partial charge is 0.494 e. The van der Waals surface area contributed by atoms with E-state index in [1.165, 1.54) is 45.6 Å². The maximum atomic E-state index is 11.6. The molecule has 37 heavy (non-hydrogen) atoms. The molecule has 3 rings (SSSR count). The average Bonchev–Trinajstić information content (AvgIpc) is 2.93. The first-order chi connectivity index (χ1) is 17.9. The van der Waals surface area contributed by atoms with Crippen molar-refractivity contribution in [1.29, 1.82) is 0 Å². The molecule has 192 valence electrons. The van der Waals surface area contributed by atoms with Crippen molar-refractivity contribution in [1.82, 2.24) is 0 Å². The number of nitro groups is 1. The monoisotopic (exact) mass is 506 g/mol. The van der Waals surface area contributed by atoms with Crippen LogP contribution in [-0.2, 0) is 9.53 Å². The zero-order chi connectivity index (χ0) is 26.8. The van der Waals surface area contributed by atoms with Crippen molar-refractivity contribution in [2.75, 3.05) is 39.3 Å². The van der Waals surface area contributed by atoms with Crippen molar-refractivity contribution in [3.8, 4) is 11.5 Å². The summed E-state index contributed by atoms with van der Waals surface area (Å²) in [5.74, 6) is 0.466. The molecule has 0 spiro atoms. The van der Waals surface area contributed by atoms with E-state index >= 15 is 0 Å². The fraction of sp³-hybridized carbons (Fsp3) is 0.240. The van der Waals surface area contributed by atoms with Crippen molar-refractivity contribution in [3.63, 3.8) is 0 Å². The number of azo groups is 2. The Bertz CT molecular complexity index is 1290. The molecule has 0 unspecified atom stereocenters. The number of ether oxygens (including phenoxy) is 3. The molecule has 0 saturated carbocycles. The van der Waals surface area contributed by atoms with Crippen LogP contribution in [0.5, 0.6) is 11.5 Å². The number of carbonyl (C=O) groups is 1. The second kappa shape index (κ2) is 12.7. The maximum Gasteiger partial charge on any atom is 0.325 e. The van der Waals surface area contributed by atoms with Gasteiger partial charge in [0, 0.05) is 36.5 Å². The number of benzene rings is 3. The van der Waals surface area contributed by atoms with Crippen molar-refractivity contribution < 1.29 is 23.9 Å². The van der Waals surface area contributed by atoms with E-state index in [2.05, 4.69) is 20.5 Å². The molecule has 0 N–H and O–H groups in total. The predicted octanol–water partition coefficient (Wildman–Crippen LogP) is 6.44. The summed E-state index contributed by atoms with van der Waals surface area (Å²) >= 11 is 0. The molecule has 0 radical (unpaired) electrons. The third-order valence-corrected chi connectivity index (χ3v) is 5.23. The fourth-order valence-electron chi connectivity index (χ4n) is 3.22. The quantitative estimate of drug-likeness (QED) is 0.126. The van der Waals surface area contributed by atoms with Crippen LogP contribution in [0, 0.1) is 10.1 Å². The topological polar surface area (TPSA) is 141 Å². The molecule has 3 aromatic rings. The first-order valence-corrected chi connectivity index (χ1v) is 11.1. The van der Waals surface area contributed by atoms with Crippen molar-refractivity contribution >= 4 is 40.1 Å². The minimum atomic E-state index is -0.485. The third kappa shape index (κ3) is 7.07. The van der Waals surface area contributed by atoms with Crippen molar-refractivity contribution in [2.45, 2.75) is 6.92 Å². The highest BCUT2D eigenvalue weighted by atomic mass is 16.6. The Morgan fingerprint density at radius 2 is 1.32 bits per heavy atom. The van der Waals surface area contributed by atoms with Gasteiger partial charge in [-0.25, -0.2) is 0 Å². The summed E-state index contributed by atoms with van der Waals surface area (Å²) < 4.78 is 15.6. The Hall–Kier alpha value is -4.87. The van der Waals surface area contributed by atoms with Gasteiger partial charge < -0.3 is 19.1 Å². The Kier molecular flexibility index (Phi) is 9.19. The predicted molar refractivity (Wildman–Crippen MR) is 137 cm³/mol. The number of nitrogens with zero attached hydrogens (tertiary/aromatic N) is 6. The number of non-ortho nitro benzene ring substituents is 1. The lowest BCUT2D eigenvalue weighted by Crippen LogP contribution is -2.30. The molecule has 0 aromatic heterocycles. The number of rotatable bonds is 11. The van der Waals surface area contributed by atoms with Crippen molar-refractivity contribution in [2.24, 2.45) is 20.5 Å². The number of likely N-dealkylation sites (N-methyl/N-ethyl adjacent to an activating group) is 1. The van der Waals surface area contributed by atoms with Crippen LogP contribution in [0.2, 0.25) is 0 Å². The Labute approximate surface area is 213 Å². The van der Waals surface area contributed by atoms with Gasteiger partial charge in [-0.2, -0.15) is 10.2 Å². The van der Waals surface area contributed by atoms with E-state index in [1.54, 1.807) is 24.3 Å². The van der Waals surface area contributed by atoms with Crippen molar-refractivity contribution in [3.05, 3.63) is 70.8 Å². The fourth-order valence-corrected chi connectivity index (χ4v) is 3.22. The highest BCUT2D eigenvalue weighted by molar-refractivity contribution is 5.76. The smallest absolute Gasteiger partial charge is 0.325 e. The summed E-state index contributed by atoms with van der Waals surface area (Å²) in [6.45, 7) is 2.74. The van der Waals surface area contributed by atoms with Gasteiger partial charge in [-0.1, -0.05) is 0 Å². The molecule has 3 aromatic carbocycles. The first-order valence-electron chi connectivity index (χ1n) is 11.1. The molecule has 0 atom stereocenters. The Balaban J connectivity index is 1.80. The lowest BCUT2D eigenvalue weighted by Gasteiger charge is -2.21. The lowest BCUT2D eigenvalue weighted by atomic mass is 10.2. The number of carbonyl (C=O) groups excluding carboxylic acids is 1. The van der Waals surface area contributed by atoms with E-state index in [-0.39, 0.29) is 18.2 Å². The molecule has 0 aliphatic rings. The minimum absolute atomic E-state index is 0.0357. The van der Waals surface area contributed by atoms with Gasteiger partial charge in [-0.15, -0.1) is 10.2 Å². The standard InChI is InChI=1S/C25H26N6O6/c1-5-30(16-25(32)37-4)19-10-6-17(7-11-19)26-28-21-14-24(36-3)22(15-23(21)35-2)29-27-18-8-12-20(13-9-18)31(33)34/h6-15H,5,16H2,1-4H3. The summed E-state index contributed by atoms with van der Waals surface area (Å²) in [7, 11) is 4.34. The SMILES string of the molecule is CCN(CC(=O)OC)c1ccc(N=Nc2cc(OC)c(N=Nc3ccc([N+](=O)[O-])cc3)cc2OC)cc1. The van der Waals surface area contributed by atoms with Gasteiger partial charge in [-0.3, -0.25) is 14.9 Å². The summed E-state index contributed by atoms with van der Waals surface area (Å²) in [4.78, 5) is 23.8. The van der Waals surface area contributed by atoms with Gasteiger partial charge in [0.15, 0.2) is 0 Å². The van der Waals surface area contributed by atoms with Crippen LogP contribution >= 0.6 is 0 Å². The number of hydrogen-bond acceptors (Lipinski definition) is 11. The zero-order valence-electron chi connectivity index (χ0n) is 20.8. The highest BCUT2D eigenvalue weighted by Gasteiger charge is 2.13. The van der Waals surface area contributed by atoms with E-state index in [0.717, 1.165) is 5.69 Å². The van der Waals surface area contributed by atoms with Gasteiger partial charge in [0.05, 0.1) is 37.6 Å². The molecule has 12 nitrogen and oxygen atoms in total. The van der Waals surface area contributed by atoms with E-state index in [1.807, 2.05) is 24.0 Å².